The highest BCUT2D eigenvalue weighted by atomic mass is 32.1. The molecule has 198 valence electrons. The standard InChI is InChI=1S/C32H25N3O4S/c1-20-8-12-24(13-9-20)38-25-14-10-23(11-15-25)35-30(29(34-32(35)40)26-7-2-3-18-33-26)28-17-16-27(39-28)21-5-4-6-22(19-21)31(36)37/h2-19,29-30H,1H3,(H,34,40)(H,36,37)/t29-,30+/m0/s1. The lowest BCUT2D eigenvalue weighted by Gasteiger charge is -2.26. The molecule has 2 atom stereocenters. The van der Waals surface area contributed by atoms with Gasteiger partial charge in [-0.3, -0.25) is 4.98 Å². The van der Waals surface area contributed by atoms with Crippen LogP contribution in [0.2, 0.25) is 0 Å². The third kappa shape index (κ3) is 5.04. The second-order valence-corrected chi connectivity index (χ2v) is 9.88. The van der Waals surface area contributed by atoms with Crippen LogP contribution < -0.4 is 15.0 Å². The minimum atomic E-state index is -0.991. The van der Waals surface area contributed by atoms with Crippen molar-refractivity contribution in [3.8, 4) is 22.8 Å². The van der Waals surface area contributed by atoms with E-state index in [0.717, 1.165) is 17.1 Å². The number of benzene rings is 3. The molecule has 1 aliphatic rings. The number of anilines is 1. The van der Waals surface area contributed by atoms with Crippen molar-refractivity contribution in [1.29, 1.82) is 0 Å². The first-order valence-electron chi connectivity index (χ1n) is 12.7. The Bertz CT molecular complexity index is 1670. The second kappa shape index (κ2) is 10.7. The molecule has 0 aliphatic carbocycles. The number of carboxylic acid groups (broad SMARTS) is 1. The van der Waals surface area contributed by atoms with Crippen molar-refractivity contribution >= 4 is 29.0 Å². The number of hydrogen-bond acceptors (Lipinski definition) is 5. The number of carboxylic acids is 1. The van der Waals surface area contributed by atoms with E-state index >= 15 is 0 Å². The molecule has 3 aromatic carbocycles. The first kappa shape index (κ1) is 25.3. The van der Waals surface area contributed by atoms with Crippen molar-refractivity contribution in [3.63, 3.8) is 0 Å². The van der Waals surface area contributed by atoms with Gasteiger partial charge in [-0.1, -0.05) is 35.9 Å². The molecule has 6 rings (SSSR count). The van der Waals surface area contributed by atoms with Gasteiger partial charge in [-0.05, 0) is 91.9 Å². The van der Waals surface area contributed by atoms with Crippen LogP contribution in [0.1, 0.15) is 39.5 Å². The fraction of sp³-hybridized carbons (Fsp3) is 0.0938. The van der Waals surface area contributed by atoms with Crippen LogP contribution in [-0.2, 0) is 0 Å². The number of aryl methyl sites for hydroxylation is 1. The molecule has 40 heavy (non-hydrogen) atoms. The predicted molar refractivity (Wildman–Crippen MR) is 157 cm³/mol. The van der Waals surface area contributed by atoms with E-state index in [-0.39, 0.29) is 17.6 Å². The molecule has 0 unspecified atom stereocenters. The Morgan fingerprint density at radius 2 is 1.70 bits per heavy atom. The van der Waals surface area contributed by atoms with Crippen molar-refractivity contribution in [1.82, 2.24) is 10.3 Å². The molecule has 8 heteroatoms. The van der Waals surface area contributed by atoms with E-state index in [9.17, 15) is 9.90 Å². The summed E-state index contributed by atoms with van der Waals surface area (Å²) < 4.78 is 12.4. The Balaban J connectivity index is 1.35. The Morgan fingerprint density at radius 1 is 0.950 bits per heavy atom. The van der Waals surface area contributed by atoms with Crippen LogP contribution >= 0.6 is 12.2 Å². The first-order valence-corrected chi connectivity index (χ1v) is 13.2. The second-order valence-electron chi connectivity index (χ2n) is 9.49. The van der Waals surface area contributed by atoms with Gasteiger partial charge in [-0.25, -0.2) is 4.79 Å². The minimum Gasteiger partial charge on any atom is -0.478 e. The number of pyridine rings is 1. The largest absolute Gasteiger partial charge is 0.478 e. The minimum absolute atomic E-state index is 0.195. The van der Waals surface area contributed by atoms with Gasteiger partial charge in [-0.15, -0.1) is 0 Å². The Labute approximate surface area is 236 Å². The lowest BCUT2D eigenvalue weighted by atomic mass is 10.0. The SMILES string of the molecule is Cc1ccc(Oc2ccc(N3C(=S)N[C@@H](c4ccccn4)[C@H]3c3ccc(-c4cccc(C(=O)O)c4)o3)cc2)cc1. The van der Waals surface area contributed by atoms with Gasteiger partial charge < -0.3 is 24.5 Å². The molecular formula is C32H25N3O4S. The fourth-order valence-electron chi connectivity index (χ4n) is 4.81. The maximum absolute atomic E-state index is 11.5. The van der Waals surface area contributed by atoms with E-state index in [1.54, 1.807) is 24.4 Å². The topological polar surface area (TPSA) is 87.8 Å². The van der Waals surface area contributed by atoms with Gasteiger partial charge in [-0.2, -0.15) is 0 Å². The van der Waals surface area contributed by atoms with Crippen LogP contribution in [-0.4, -0.2) is 21.2 Å². The summed E-state index contributed by atoms with van der Waals surface area (Å²) in [5.41, 5.74) is 3.73. The molecule has 2 N–H and O–H groups in total. The molecule has 1 aliphatic heterocycles. The number of carbonyl (C=O) groups is 1. The highest BCUT2D eigenvalue weighted by Gasteiger charge is 2.42. The van der Waals surface area contributed by atoms with Gasteiger partial charge in [0.2, 0.25) is 0 Å². The smallest absolute Gasteiger partial charge is 0.335 e. The quantitative estimate of drug-likeness (QED) is 0.205. The van der Waals surface area contributed by atoms with Gasteiger partial charge in [0.05, 0.1) is 17.3 Å². The summed E-state index contributed by atoms with van der Waals surface area (Å²) >= 11 is 5.82. The molecule has 0 saturated carbocycles. The van der Waals surface area contributed by atoms with Gasteiger partial charge >= 0.3 is 5.97 Å². The molecule has 0 spiro atoms. The highest BCUT2D eigenvalue weighted by molar-refractivity contribution is 7.80. The number of thiocarbonyl (C=S) groups is 1. The molecular weight excluding hydrogens is 522 g/mol. The van der Waals surface area contributed by atoms with Gasteiger partial charge in [0.1, 0.15) is 29.1 Å². The van der Waals surface area contributed by atoms with Crippen molar-refractivity contribution in [3.05, 3.63) is 132 Å². The number of nitrogens with zero attached hydrogens (tertiary/aromatic N) is 2. The van der Waals surface area contributed by atoms with Crippen LogP contribution in [0.15, 0.2) is 114 Å². The van der Waals surface area contributed by atoms with Crippen molar-refractivity contribution < 1.29 is 19.1 Å². The van der Waals surface area contributed by atoms with Crippen molar-refractivity contribution in [2.24, 2.45) is 0 Å². The Morgan fingerprint density at radius 3 is 2.40 bits per heavy atom. The number of ether oxygens (including phenoxy) is 1. The number of rotatable bonds is 7. The Hall–Kier alpha value is -4.95. The molecule has 0 bridgehead atoms. The lowest BCUT2D eigenvalue weighted by molar-refractivity contribution is 0.0697. The molecule has 5 aromatic rings. The van der Waals surface area contributed by atoms with Crippen LogP contribution in [0.4, 0.5) is 5.69 Å². The van der Waals surface area contributed by atoms with Crippen LogP contribution in [0, 0.1) is 6.92 Å². The van der Waals surface area contributed by atoms with E-state index < -0.39 is 5.97 Å². The lowest BCUT2D eigenvalue weighted by Crippen LogP contribution is -2.29. The van der Waals surface area contributed by atoms with Crippen molar-refractivity contribution in [2.75, 3.05) is 4.90 Å². The molecule has 1 saturated heterocycles. The average molecular weight is 548 g/mol. The Kier molecular flexibility index (Phi) is 6.76. The van der Waals surface area contributed by atoms with Gasteiger partial charge in [0.25, 0.3) is 0 Å². The number of nitrogens with one attached hydrogen (secondary N) is 1. The van der Waals surface area contributed by atoms with E-state index in [0.29, 0.717) is 27.9 Å². The van der Waals surface area contributed by atoms with E-state index in [1.165, 1.54) is 5.56 Å². The number of hydrogen-bond donors (Lipinski definition) is 2. The predicted octanol–water partition coefficient (Wildman–Crippen LogP) is 7.32. The summed E-state index contributed by atoms with van der Waals surface area (Å²) in [6, 6.07) is 31.2. The molecule has 7 nitrogen and oxygen atoms in total. The van der Waals surface area contributed by atoms with Gasteiger partial charge in [0, 0.05) is 17.4 Å². The molecule has 3 heterocycles. The van der Waals surface area contributed by atoms with Crippen molar-refractivity contribution in [2.45, 2.75) is 19.0 Å². The number of furan rings is 1. The zero-order valence-corrected chi connectivity index (χ0v) is 22.3. The fourth-order valence-corrected chi connectivity index (χ4v) is 5.16. The molecule has 0 radical (unpaired) electrons. The summed E-state index contributed by atoms with van der Waals surface area (Å²) in [4.78, 5) is 18.1. The first-order chi connectivity index (χ1) is 19.5. The maximum atomic E-state index is 11.5. The maximum Gasteiger partial charge on any atom is 0.335 e. The highest BCUT2D eigenvalue weighted by Crippen LogP contribution is 2.43. The van der Waals surface area contributed by atoms with Crippen LogP contribution in [0.25, 0.3) is 11.3 Å². The monoisotopic (exact) mass is 547 g/mol. The van der Waals surface area contributed by atoms with Gasteiger partial charge in [0.15, 0.2) is 5.11 Å². The zero-order chi connectivity index (χ0) is 27.6. The van der Waals surface area contributed by atoms with E-state index in [4.69, 9.17) is 21.4 Å². The average Bonchev–Trinajstić information content (AvgIpc) is 3.60. The van der Waals surface area contributed by atoms with Crippen LogP contribution in [0.5, 0.6) is 11.5 Å². The molecule has 0 amide bonds. The summed E-state index contributed by atoms with van der Waals surface area (Å²) in [6.07, 6.45) is 1.75. The van der Waals surface area contributed by atoms with E-state index in [1.807, 2.05) is 96.8 Å². The zero-order valence-electron chi connectivity index (χ0n) is 21.5. The molecule has 1 fully saturated rings. The van der Waals surface area contributed by atoms with Crippen LogP contribution in [0.3, 0.4) is 0 Å². The summed E-state index contributed by atoms with van der Waals surface area (Å²) in [7, 11) is 0. The summed E-state index contributed by atoms with van der Waals surface area (Å²) in [5.74, 6) is 1.72. The summed E-state index contributed by atoms with van der Waals surface area (Å²) in [6.45, 7) is 2.04. The number of aromatic carboxylic acids is 1. The summed E-state index contributed by atoms with van der Waals surface area (Å²) in [5, 5.41) is 13.4. The number of aromatic nitrogens is 1. The normalized spacial score (nSPS) is 16.5. The van der Waals surface area contributed by atoms with E-state index in [2.05, 4.69) is 10.3 Å². The third-order valence-electron chi connectivity index (χ3n) is 6.78. The molecule has 2 aromatic heterocycles. The third-order valence-corrected chi connectivity index (χ3v) is 7.10.